The fourth-order valence-electron chi connectivity index (χ4n) is 5.72. The number of ether oxygens (including phenoxy) is 1. The first-order chi connectivity index (χ1) is 19.8. The summed E-state index contributed by atoms with van der Waals surface area (Å²) in [5.41, 5.74) is 3.78. The standard InChI is InChI=1S/C31H34FN7O3/c1-18-14-23(15-19(2)27(18)32)39-28(26-20(3)36(11-10-24(26)34-39)30(41)42-31(4,5)6)38-13-12-37(29(38)40)22-8-9-25-21(16-22)17-33-35(25)7/h8-9,12-17,20H,10-11H2,1-7H3/t20-/m0/s1. The molecule has 0 spiro atoms. The summed E-state index contributed by atoms with van der Waals surface area (Å²) in [6.45, 7) is 11.2. The van der Waals surface area contributed by atoms with Crippen molar-refractivity contribution in [2.75, 3.05) is 6.54 Å². The van der Waals surface area contributed by atoms with Crippen LogP contribution in [-0.4, -0.2) is 51.8 Å². The molecular weight excluding hydrogens is 537 g/mol. The molecule has 10 nitrogen and oxygen atoms in total. The summed E-state index contributed by atoms with van der Waals surface area (Å²) in [6.07, 6.45) is 5.22. The Labute approximate surface area is 242 Å². The minimum atomic E-state index is -0.656. The molecule has 6 rings (SSSR count). The molecule has 1 aliphatic rings. The van der Waals surface area contributed by atoms with Crippen molar-refractivity contribution in [1.29, 1.82) is 0 Å². The first kappa shape index (κ1) is 27.5. The molecule has 3 aromatic heterocycles. The van der Waals surface area contributed by atoms with Crippen molar-refractivity contribution in [2.24, 2.45) is 7.05 Å². The number of nitrogens with zero attached hydrogens (tertiary/aromatic N) is 7. The molecule has 0 bridgehead atoms. The van der Waals surface area contributed by atoms with Crippen molar-refractivity contribution in [3.63, 3.8) is 0 Å². The van der Waals surface area contributed by atoms with Crippen LogP contribution >= 0.6 is 0 Å². The average Bonchev–Trinajstić information content (AvgIpc) is 3.60. The number of hydrogen-bond acceptors (Lipinski definition) is 5. The Morgan fingerprint density at radius 2 is 1.74 bits per heavy atom. The zero-order valence-corrected chi connectivity index (χ0v) is 24.8. The van der Waals surface area contributed by atoms with Gasteiger partial charge in [0.1, 0.15) is 17.2 Å². The Hall–Kier alpha value is -4.67. The Morgan fingerprint density at radius 1 is 1.05 bits per heavy atom. The number of hydrogen-bond donors (Lipinski definition) is 0. The number of fused-ring (bicyclic) bond motifs is 2. The van der Waals surface area contributed by atoms with Crippen molar-refractivity contribution in [3.05, 3.63) is 87.6 Å². The summed E-state index contributed by atoms with van der Waals surface area (Å²) in [6, 6.07) is 8.73. The van der Waals surface area contributed by atoms with Gasteiger partial charge in [0.15, 0.2) is 0 Å². The molecule has 1 aliphatic heterocycles. The Bertz CT molecular complexity index is 1900. The van der Waals surface area contributed by atoms with Gasteiger partial charge in [-0.25, -0.2) is 18.7 Å². The van der Waals surface area contributed by atoms with E-state index in [0.717, 1.165) is 22.2 Å². The van der Waals surface area contributed by atoms with E-state index in [1.165, 1.54) is 0 Å². The molecule has 11 heteroatoms. The van der Waals surface area contributed by atoms with Crippen LogP contribution in [0.2, 0.25) is 0 Å². The lowest BCUT2D eigenvalue weighted by molar-refractivity contribution is 0.0159. The van der Waals surface area contributed by atoms with Crippen LogP contribution in [0.4, 0.5) is 9.18 Å². The highest BCUT2D eigenvalue weighted by atomic mass is 19.1. The quantitative estimate of drug-likeness (QED) is 0.293. The van der Waals surface area contributed by atoms with Crippen molar-refractivity contribution in [1.82, 2.24) is 33.6 Å². The third-order valence-corrected chi connectivity index (χ3v) is 7.75. The number of carbonyl (C=O) groups excluding carboxylic acids is 1. The Balaban J connectivity index is 1.54. The Kier molecular flexibility index (Phi) is 6.36. The fraction of sp³-hybridized carbons (Fsp3) is 0.355. The SMILES string of the molecule is Cc1cc(-n2nc3c(c2-n2ccn(-c4ccc5c(cnn5C)c4)c2=O)[C@H](C)N(C(=O)OC(C)(C)C)CC3)cc(C)c1F. The third kappa shape index (κ3) is 4.49. The van der Waals surface area contributed by atoms with Crippen LogP contribution < -0.4 is 5.69 Å². The second-order valence-electron chi connectivity index (χ2n) is 11.9. The van der Waals surface area contributed by atoms with Gasteiger partial charge in [-0.3, -0.25) is 13.8 Å². The molecule has 0 saturated heterocycles. The van der Waals surface area contributed by atoms with Gasteiger partial charge >= 0.3 is 11.8 Å². The lowest BCUT2D eigenvalue weighted by Crippen LogP contribution is -2.42. The van der Waals surface area contributed by atoms with E-state index in [9.17, 15) is 14.0 Å². The van der Waals surface area contributed by atoms with Crippen molar-refractivity contribution < 1.29 is 13.9 Å². The number of halogens is 1. The van der Waals surface area contributed by atoms with Crippen LogP contribution in [0.5, 0.6) is 0 Å². The zero-order chi connectivity index (χ0) is 30.1. The maximum Gasteiger partial charge on any atom is 0.410 e. The summed E-state index contributed by atoms with van der Waals surface area (Å²) in [5, 5.41) is 10.2. The minimum Gasteiger partial charge on any atom is -0.444 e. The largest absolute Gasteiger partial charge is 0.444 e. The van der Waals surface area contributed by atoms with Gasteiger partial charge in [0, 0.05) is 43.4 Å². The van der Waals surface area contributed by atoms with E-state index in [-0.39, 0.29) is 11.5 Å². The first-order valence-electron chi connectivity index (χ1n) is 13.9. The molecule has 5 aromatic rings. The van der Waals surface area contributed by atoms with Gasteiger partial charge in [-0.15, -0.1) is 0 Å². The maximum atomic E-state index is 14.6. The molecule has 0 fully saturated rings. The van der Waals surface area contributed by atoms with Crippen LogP contribution in [0, 0.1) is 19.7 Å². The molecule has 0 N–H and O–H groups in total. The highest BCUT2D eigenvalue weighted by Crippen LogP contribution is 2.36. The predicted molar refractivity (Wildman–Crippen MR) is 157 cm³/mol. The molecule has 0 saturated carbocycles. The fourth-order valence-corrected chi connectivity index (χ4v) is 5.72. The molecule has 0 radical (unpaired) electrons. The predicted octanol–water partition coefficient (Wildman–Crippen LogP) is 5.31. The zero-order valence-electron chi connectivity index (χ0n) is 24.8. The highest BCUT2D eigenvalue weighted by molar-refractivity contribution is 5.80. The summed E-state index contributed by atoms with van der Waals surface area (Å²) in [4.78, 5) is 28.9. The van der Waals surface area contributed by atoms with E-state index in [2.05, 4.69) is 5.10 Å². The van der Waals surface area contributed by atoms with Crippen molar-refractivity contribution in [2.45, 2.75) is 59.6 Å². The number of aromatic nitrogens is 6. The van der Waals surface area contributed by atoms with Gasteiger partial charge in [-0.05, 0) is 83.0 Å². The van der Waals surface area contributed by atoms with Crippen molar-refractivity contribution in [3.8, 4) is 17.2 Å². The monoisotopic (exact) mass is 571 g/mol. The van der Waals surface area contributed by atoms with Gasteiger partial charge in [0.2, 0.25) is 0 Å². The van der Waals surface area contributed by atoms with Gasteiger partial charge in [0.05, 0.1) is 34.8 Å². The van der Waals surface area contributed by atoms with E-state index in [0.29, 0.717) is 41.3 Å². The highest BCUT2D eigenvalue weighted by Gasteiger charge is 2.37. The number of amides is 1. The van der Waals surface area contributed by atoms with E-state index in [4.69, 9.17) is 9.84 Å². The average molecular weight is 572 g/mol. The van der Waals surface area contributed by atoms with Gasteiger partial charge in [-0.1, -0.05) is 0 Å². The van der Waals surface area contributed by atoms with Gasteiger partial charge < -0.3 is 9.64 Å². The first-order valence-corrected chi connectivity index (χ1v) is 13.9. The summed E-state index contributed by atoms with van der Waals surface area (Å²) in [5.74, 6) is 0.221. The van der Waals surface area contributed by atoms with Gasteiger partial charge in [0.25, 0.3) is 0 Å². The van der Waals surface area contributed by atoms with Crippen LogP contribution in [0.3, 0.4) is 0 Å². The lowest BCUT2D eigenvalue weighted by Gasteiger charge is -2.34. The minimum absolute atomic E-state index is 0.282. The maximum absolute atomic E-state index is 14.6. The second kappa shape index (κ2) is 9.71. The molecule has 1 amide bonds. The molecule has 42 heavy (non-hydrogen) atoms. The summed E-state index contributed by atoms with van der Waals surface area (Å²) in [7, 11) is 1.87. The number of rotatable bonds is 3. The molecular formula is C31H34FN7O3. The summed E-state index contributed by atoms with van der Waals surface area (Å²) >= 11 is 0. The topological polar surface area (TPSA) is 92.1 Å². The summed E-state index contributed by atoms with van der Waals surface area (Å²) < 4.78 is 26.9. The molecule has 0 unspecified atom stereocenters. The van der Waals surface area contributed by atoms with Crippen LogP contribution in [-0.2, 0) is 18.2 Å². The van der Waals surface area contributed by atoms with Crippen LogP contribution in [0.1, 0.15) is 56.1 Å². The smallest absolute Gasteiger partial charge is 0.410 e. The Morgan fingerprint density at radius 3 is 2.43 bits per heavy atom. The number of carbonyl (C=O) groups is 1. The molecule has 218 valence electrons. The molecule has 4 heterocycles. The van der Waals surface area contributed by atoms with Crippen LogP contribution in [0.15, 0.2) is 53.7 Å². The molecule has 1 atom stereocenters. The second-order valence-corrected chi connectivity index (χ2v) is 11.9. The van der Waals surface area contributed by atoms with Gasteiger partial charge in [-0.2, -0.15) is 10.2 Å². The van der Waals surface area contributed by atoms with Crippen molar-refractivity contribution >= 4 is 17.0 Å². The van der Waals surface area contributed by atoms with E-state index in [1.807, 2.05) is 52.9 Å². The molecule has 0 aliphatic carbocycles. The van der Waals surface area contributed by atoms with Crippen LogP contribution in [0.25, 0.3) is 28.1 Å². The van der Waals surface area contributed by atoms with E-state index in [1.54, 1.807) is 68.0 Å². The molecule has 2 aromatic carbocycles. The number of imidazole rings is 1. The third-order valence-electron chi connectivity index (χ3n) is 7.75. The number of aryl methyl sites for hydroxylation is 3. The lowest BCUT2D eigenvalue weighted by atomic mass is 10.00. The number of benzene rings is 2. The van der Waals surface area contributed by atoms with E-state index >= 15 is 0 Å². The normalized spacial score (nSPS) is 15.3. The van der Waals surface area contributed by atoms with E-state index < -0.39 is 17.7 Å².